The van der Waals surface area contributed by atoms with Gasteiger partial charge in [-0.15, -0.1) is 0 Å². The van der Waals surface area contributed by atoms with E-state index in [9.17, 15) is 18.0 Å². The monoisotopic (exact) mass is 625 g/mol. The molecule has 1 saturated carbocycles. The Morgan fingerprint density at radius 1 is 1.05 bits per heavy atom. The van der Waals surface area contributed by atoms with Crippen LogP contribution in [0.2, 0.25) is 0 Å². The first-order chi connectivity index (χ1) is 20.9. The van der Waals surface area contributed by atoms with E-state index in [-0.39, 0.29) is 29.6 Å². The summed E-state index contributed by atoms with van der Waals surface area (Å²) in [6.45, 7) is 7.67. The topological polar surface area (TPSA) is 120 Å². The van der Waals surface area contributed by atoms with Gasteiger partial charge in [-0.3, -0.25) is 4.79 Å². The van der Waals surface area contributed by atoms with Crippen molar-refractivity contribution in [2.24, 2.45) is 13.0 Å². The third-order valence-corrected chi connectivity index (χ3v) is 11.3. The van der Waals surface area contributed by atoms with Crippen LogP contribution in [-0.2, 0) is 26.4 Å². The van der Waals surface area contributed by atoms with E-state index < -0.39 is 20.7 Å². The van der Waals surface area contributed by atoms with E-state index >= 15 is 0 Å². The molecular formula is C33H43N3O7S. The van der Waals surface area contributed by atoms with E-state index in [4.69, 9.17) is 14.2 Å². The Morgan fingerprint density at radius 3 is 2.48 bits per heavy atom. The predicted molar refractivity (Wildman–Crippen MR) is 169 cm³/mol. The molecule has 1 N–H and O–H groups in total. The Kier molecular flexibility index (Phi) is 8.30. The number of hydrogen-bond acceptors (Lipinski definition) is 7. The van der Waals surface area contributed by atoms with E-state index in [0.717, 1.165) is 47.8 Å². The summed E-state index contributed by atoms with van der Waals surface area (Å²) in [5, 5.41) is 0.249. The van der Waals surface area contributed by atoms with Crippen molar-refractivity contribution in [3.8, 4) is 16.9 Å². The summed E-state index contributed by atoms with van der Waals surface area (Å²) in [7, 11) is -1.48. The highest BCUT2D eigenvalue weighted by Crippen LogP contribution is 2.42. The van der Waals surface area contributed by atoms with Crippen molar-refractivity contribution in [3.05, 3.63) is 52.6 Å². The molecule has 4 heterocycles. The highest BCUT2D eigenvalue weighted by molar-refractivity contribution is 7.91. The number of fused-ring (bicyclic) bond motifs is 1. The Labute approximate surface area is 258 Å². The molecule has 2 aromatic heterocycles. The van der Waals surface area contributed by atoms with Crippen molar-refractivity contribution in [2.45, 2.75) is 82.4 Å². The van der Waals surface area contributed by atoms with Gasteiger partial charge in [-0.1, -0.05) is 6.07 Å². The summed E-state index contributed by atoms with van der Waals surface area (Å²) in [5.74, 6) is 1.29. The molecule has 1 atom stereocenters. The van der Waals surface area contributed by atoms with Crippen molar-refractivity contribution < 1.29 is 27.4 Å². The average Bonchev–Trinajstić information content (AvgIpc) is 3.58. The lowest BCUT2D eigenvalue weighted by molar-refractivity contribution is -0.0761. The highest BCUT2D eigenvalue weighted by atomic mass is 32.2. The molecule has 3 aliphatic rings. The smallest absolute Gasteiger partial charge is 0.410 e. The number of rotatable bonds is 7. The first-order valence-corrected chi connectivity index (χ1v) is 17.4. The van der Waals surface area contributed by atoms with Crippen molar-refractivity contribution in [2.75, 3.05) is 25.4 Å². The van der Waals surface area contributed by atoms with E-state index in [0.29, 0.717) is 49.7 Å². The molecule has 1 aliphatic carbocycles. The second-order valence-corrected chi connectivity index (χ2v) is 15.9. The lowest BCUT2D eigenvalue weighted by Crippen LogP contribution is -2.44. The van der Waals surface area contributed by atoms with Crippen molar-refractivity contribution in [3.63, 3.8) is 0 Å². The molecule has 2 saturated heterocycles. The van der Waals surface area contributed by atoms with Crippen molar-refractivity contribution in [1.82, 2.24) is 14.5 Å². The molecule has 2 aliphatic heterocycles. The van der Waals surface area contributed by atoms with Crippen LogP contribution in [0.25, 0.3) is 22.0 Å². The summed E-state index contributed by atoms with van der Waals surface area (Å²) in [6.07, 6.45) is 7.98. The number of H-pyrrole nitrogens is 1. The first-order valence-electron chi connectivity index (χ1n) is 15.7. The number of hydrogen-bond donors (Lipinski definition) is 1. The second-order valence-electron chi connectivity index (χ2n) is 13.6. The number of aromatic amines is 1. The zero-order valence-electron chi connectivity index (χ0n) is 26.0. The van der Waals surface area contributed by atoms with Gasteiger partial charge in [0.1, 0.15) is 23.0 Å². The number of nitrogens with zero attached hydrogens (tertiary/aromatic N) is 2. The predicted octanol–water partition coefficient (Wildman–Crippen LogP) is 5.36. The van der Waals surface area contributed by atoms with Crippen LogP contribution in [0, 0.1) is 5.92 Å². The number of benzene rings is 1. The molecule has 0 bridgehead atoms. The third-order valence-electron chi connectivity index (χ3n) is 9.07. The zero-order valence-corrected chi connectivity index (χ0v) is 26.8. The molecule has 6 rings (SSSR count). The Morgan fingerprint density at radius 2 is 1.80 bits per heavy atom. The molecule has 10 nitrogen and oxygen atoms in total. The van der Waals surface area contributed by atoms with Crippen LogP contribution in [0.1, 0.15) is 70.1 Å². The standard InChI is InChI=1S/C33H43N3O7S/c1-33(2,3)43-32(38)36-13-10-21(11-14-36)20-41-23-17-24(18-23)42-28-8-7-22(29-6-5-15-44(29,39)40)16-26(28)27-19-35(4)31(37)30-25(27)9-12-34-30/h7-9,12,16,19,21,23-24,29,34H,5-6,10-11,13-15,17-18,20H2,1-4H3/t23-,24-,29?. The van der Waals surface area contributed by atoms with Gasteiger partial charge < -0.3 is 28.7 Å². The average molecular weight is 626 g/mol. The largest absolute Gasteiger partial charge is 0.490 e. The Hall–Kier alpha value is -3.31. The van der Waals surface area contributed by atoms with E-state index in [1.54, 1.807) is 28.9 Å². The van der Waals surface area contributed by atoms with E-state index in [2.05, 4.69) is 4.98 Å². The van der Waals surface area contributed by atoms with Gasteiger partial charge in [-0.25, -0.2) is 13.2 Å². The molecule has 3 aromatic rings. The molecule has 44 heavy (non-hydrogen) atoms. The summed E-state index contributed by atoms with van der Waals surface area (Å²) in [5.41, 5.74) is 2.25. The van der Waals surface area contributed by atoms with Crippen LogP contribution in [0.5, 0.6) is 5.75 Å². The zero-order chi connectivity index (χ0) is 31.2. The molecule has 0 spiro atoms. The Balaban J connectivity index is 1.11. The fraction of sp³-hybridized carbons (Fsp3) is 0.576. The van der Waals surface area contributed by atoms with Crippen LogP contribution >= 0.6 is 0 Å². The number of likely N-dealkylation sites (tertiary alicyclic amines) is 1. The minimum Gasteiger partial charge on any atom is -0.490 e. The maximum absolute atomic E-state index is 12.8. The summed E-state index contributed by atoms with van der Waals surface area (Å²) >= 11 is 0. The van der Waals surface area contributed by atoms with Gasteiger partial charge >= 0.3 is 6.09 Å². The number of ether oxygens (including phenoxy) is 3. The second kappa shape index (κ2) is 11.9. The molecule has 1 aromatic carbocycles. The van der Waals surface area contributed by atoms with Gasteiger partial charge in [0.25, 0.3) is 5.56 Å². The van der Waals surface area contributed by atoms with Crippen LogP contribution in [-0.4, -0.2) is 72.2 Å². The number of nitrogens with one attached hydrogen (secondary N) is 1. The number of amides is 1. The van der Waals surface area contributed by atoms with E-state index in [1.165, 1.54) is 0 Å². The normalized spacial score (nSPS) is 23.9. The molecule has 3 fully saturated rings. The van der Waals surface area contributed by atoms with Gasteiger partial charge in [0.15, 0.2) is 9.84 Å². The molecule has 1 unspecified atom stereocenters. The number of aryl methyl sites for hydroxylation is 1. The van der Waals surface area contributed by atoms with Gasteiger partial charge in [-0.05, 0) is 76.1 Å². The molecule has 11 heteroatoms. The number of sulfone groups is 1. The minimum atomic E-state index is -3.20. The molecule has 238 valence electrons. The van der Waals surface area contributed by atoms with Crippen LogP contribution < -0.4 is 10.3 Å². The quantitative estimate of drug-likeness (QED) is 0.376. The summed E-state index contributed by atoms with van der Waals surface area (Å²) in [6, 6.07) is 7.57. The number of carbonyl (C=O) groups excluding carboxylic acids is 1. The van der Waals surface area contributed by atoms with Crippen molar-refractivity contribution >= 4 is 26.8 Å². The lowest BCUT2D eigenvalue weighted by atomic mass is 9.91. The van der Waals surface area contributed by atoms with Gasteiger partial charge in [0.05, 0.1) is 17.1 Å². The molecule has 1 amide bonds. The van der Waals surface area contributed by atoms with Crippen molar-refractivity contribution in [1.29, 1.82) is 0 Å². The minimum absolute atomic E-state index is 0.0249. The Bertz CT molecular complexity index is 1690. The summed E-state index contributed by atoms with van der Waals surface area (Å²) < 4.78 is 45.4. The summed E-state index contributed by atoms with van der Waals surface area (Å²) in [4.78, 5) is 29.9. The maximum Gasteiger partial charge on any atom is 0.410 e. The SMILES string of the molecule is Cn1cc(-c2cc(C3CCCS3(=O)=O)ccc2O[C@H]2C[C@H](OCC3CCN(C(=O)OC(C)(C)C)CC3)C2)c2cc[nH]c2c1=O. The molecular weight excluding hydrogens is 582 g/mol. The third kappa shape index (κ3) is 6.40. The fourth-order valence-electron chi connectivity index (χ4n) is 6.52. The van der Waals surface area contributed by atoms with Crippen LogP contribution in [0.15, 0.2) is 41.5 Å². The number of carbonyl (C=O) groups is 1. The number of aromatic nitrogens is 2. The molecule has 0 radical (unpaired) electrons. The van der Waals surface area contributed by atoms with Gasteiger partial charge in [-0.2, -0.15) is 0 Å². The van der Waals surface area contributed by atoms with Crippen LogP contribution in [0.4, 0.5) is 4.79 Å². The van der Waals surface area contributed by atoms with E-state index in [1.807, 2.05) is 45.0 Å². The number of piperidine rings is 1. The fourth-order valence-corrected chi connectivity index (χ4v) is 8.46. The first kappa shape index (κ1) is 30.7. The van der Waals surface area contributed by atoms with Crippen LogP contribution in [0.3, 0.4) is 0 Å². The maximum atomic E-state index is 12.8. The van der Waals surface area contributed by atoms with Gasteiger partial charge in [0.2, 0.25) is 0 Å². The lowest BCUT2D eigenvalue weighted by Gasteiger charge is -2.38. The van der Waals surface area contributed by atoms with Gasteiger partial charge in [0, 0.05) is 68.5 Å². The highest BCUT2D eigenvalue weighted by Gasteiger charge is 2.36. The number of pyridine rings is 1.